The molecule has 6 heteroatoms. The minimum Gasteiger partial charge on any atom is -0.507 e. The summed E-state index contributed by atoms with van der Waals surface area (Å²) in [5, 5.41) is 15.2. The number of aromatic amines is 2. The fourth-order valence-electron chi connectivity index (χ4n) is 3.66. The van der Waals surface area contributed by atoms with Crippen LogP contribution in [0.4, 0.5) is 0 Å². The van der Waals surface area contributed by atoms with Crippen LogP contribution in [-0.2, 0) is 17.6 Å². The number of carbonyl (C=O) groups is 1. The van der Waals surface area contributed by atoms with Crippen LogP contribution in [0.25, 0.3) is 21.8 Å². The van der Waals surface area contributed by atoms with Gasteiger partial charge in [0, 0.05) is 41.9 Å². The van der Waals surface area contributed by atoms with Gasteiger partial charge in [-0.1, -0.05) is 30.3 Å². The molecule has 1 amide bonds. The molecule has 4 N–H and O–H groups in total. The second-order valence-corrected chi connectivity index (χ2v) is 6.86. The number of fused-ring (bicyclic) bond motifs is 2. The number of benzene rings is 2. The first-order valence-corrected chi connectivity index (χ1v) is 9.20. The van der Waals surface area contributed by atoms with Crippen LogP contribution in [0.3, 0.4) is 0 Å². The van der Waals surface area contributed by atoms with Crippen molar-refractivity contribution < 1.29 is 9.90 Å². The second-order valence-electron chi connectivity index (χ2n) is 6.86. The van der Waals surface area contributed by atoms with Crippen LogP contribution >= 0.6 is 0 Å². The Hall–Kier alpha value is -3.54. The highest BCUT2D eigenvalue weighted by atomic mass is 16.3. The van der Waals surface area contributed by atoms with E-state index in [4.69, 9.17) is 0 Å². The van der Waals surface area contributed by atoms with Gasteiger partial charge in [0.05, 0.1) is 11.1 Å². The van der Waals surface area contributed by atoms with Gasteiger partial charge in [0.15, 0.2) is 0 Å². The van der Waals surface area contributed by atoms with E-state index in [1.807, 2.05) is 36.4 Å². The van der Waals surface area contributed by atoms with Gasteiger partial charge in [-0.25, -0.2) is 0 Å². The maximum Gasteiger partial charge on any atom is 0.255 e. The number of hydrogen-bond acceptors (Lipinski definition) is 3. The Labute approximate surface area is 161 Å². The lowest BCUT2D eigenvalue weighted by Gasteiger charge is -2.09. The van der Waals surface area contributed by atoms with Crippen molar-refractivity contribution in [1.82, 2.24) is 15.3 Å². The molecule has 0 bridgehead atoms. The molecule has 142 valence electrons. The summed E-state index contributed by atoms with van der Waals surface area (Å²) < 4.78 is 0. The molecule has 2 aromatic heterocycles. The smallest absolute Gasteiger partial charge is 0.255 e. The molecule has 2 aromatic carbocycles. The van der Waals surface area contributed by atoms with Gasteiger partial charge in [-0.05, 0) is 30.2 Å². The Morgan fingerprint density at radius 1 is 0.964 bits per heavy atom. The van der Waals surface area contributed by atoms with Gasteiger partial charge >= 0.3 is 0 Å². The lowest BCUT2D eigenvalue weighted by atomic mass is 10.0. The summed E-state index contributed by atoms with van der Waals surface area (Å²) in [6.45, 7) is 1.99. The lowest BCUT2D eigenvalue weighted by molar-refractivity contribution is -0.118. The number of pyridine rings is 1. The third-order valence-corrected chi connectivity index (χ3v) is 4.99. The SMILES string of the molecule is CC(=O)NCCc1c(Cc2c(O)c3ccccc3[nH]c2=O)[nH]c2ccccc12. The minimum absolute atomic E-state index is 0.00539. The van der Waals surface area contributed by atoms with E-state index in [0.29, 0.717) is 29.4 Å². The molecule has 4 rings (SSSR count). The lowest BCUT2D eigenvalue weighted by Crippen LogP contribution is -2.22. The molecular formula is C22H21N3O3. The Bertz CT molecular complexity index is 1240. The average Bonchev–Trinajstić information content (AvgIpc) is 3.02. The molecule has 0 aliphatic rings. The number of aromatic hydroxyl groups is 1. The van der Waals surface area contributed by atoms with Crippen molar-refractivity contribution in [3.05, 3.63) is 75.7 Å². The average molecular weight is 375 g/mol. The zero-order valence-electron chi connectivity index (χ0n) is 15.5. The third kappa shape index (κ3) is 3.24. The molecule has 0 unspecified atom stereocenters. The number of nitrogens with one attached hydrogen (secondary N) is 3. The Morgan fingerprint density at radius 2 is 1.61 bits per heavy atom. The van der Waals surface area contributed by atoms with Crippen molar-refractivity contribution in [1.29, 1.82) is 0 Å². The molecule has 0 saturated carbocycles. The van der Waals surface area contributed by atoms with Crippen LogP contribution in [0.5, 0.6) is 5.75 Å². The molecule has 0 atom stereocenters. The standard InChI is InChI=1S/C22H21N3O3/c1-13(26)23-11-10-15-14-6-2-4-8-18(14)24-20(15)12-17-21(27)16-7-3-5-9-19(16)25-22(17)28/h2-9,24H,10-12H2,1H3,(H,23,26)(H2,25,27,28). The number of hydrogen-bond donors (Lipinski definition) is 4. The summed E-state index contributed by atoms with van der Waals surface area (Å²) in [7, 11) is 0. The zero-order valence-corrected chi connectivity index (χ0v) is 15.5. The maximum absolute atomic E-state index is 12.6. The summed E-state index contributed by atoms with van der Waals surface area (Å²) in [5.41, 5.74) is 3.50. The highest BCUT2D eigenvalue weighted by Crippen LogP contribution is 2.29. The largest absolute Gasteiger partial charge is 0.507 e. The van der Waals surface area contributed by atoms with E-state index in [1.54, 1.807) is 12.1 Å². The summed E-state index contributed by atoms with van der Waals surface area (Å²) in [6, 6.07) is 15.1. The van der Waals surface area contributed by atoms with Crippen molar-refractivity contribution in [2.45, 2.75) is 19.8 Å². The first-order valence-electron chi connectivity index (χ1n) is 9.20. The van der Waals surface area contributed by atoms with Crippen molar-refractivity contribution in [3.63, 3.8) is 0 Å². The monoisotopic (exact) mass is 375 g/mol. The highest BCUT2D eigenvalue weighted by molar-refractivity contribution is 5.87. The van der Waals surface area contributed by atoms with Gasteiger partial charge < -0.3 is 20.4 Å². The second kappa shape index (κ2) is 7.23. The normalized spacial score (nSPS) is 11.2. The van der Waals surface area contributed by atoms with Crippen LogP contribution in [0.2, 0.25) is 0 Å². The van der Waals surface area contributed by atoms with Crippen LogP contribution in [0.15, 0.2) is 53.3 Å². The van der Waals surface area contributed by atoms with E-state index in [1.165, 1.54) is 6.92 Å². The summed E-state index contributed by atoms with van der Waals surface area (Å²) in [4.78, 5) is 30.1. The molecule has 0 aliphatic heterocycles. The molecule has 28 heavy (non-hydrogen) atoms. The first kappa shape index (κ1) is 17.9. The van der Waals surface area contributed by atoms with E-state index in [0.717, 1.165) is 22.2 Å². The minimum atomic E-state index is -0.303. The predicted octanol–water partition coefficient (Wildman–Crippen LogP) is 2.98. The van der Waals surface area contributed by atoms with E-state index in [9.17, 15) is 14.7 Å². The number of H-pyrrole nitrogens is 2. The fraction of sp³-hybridized carbons (Fsp3) is 0.182. The first-order chi connectivity index (χ1) is 13.5. The van der Waals surface area contributed by atoms with Gasteiger partial charge in [-0.3, -0.25) is 9.59 Å². The van der Waals surface area contributed by atoms with E-state index >= 15 is 0 Å². The van der Waals surface area contributed by atoms with Gasteiger partial charge in [-0.2, -0.15) is 0 Å². The van der Waals surface area contributed by atoms with Gasteiger partial charge in [0.2, 0.25) is 5.91 Å². The van der Waals surface area contributed by atoms with E-state index < -0.39 is 0 Å². The van der Waals surface area contributed by atoms with Crippen LogP contribution in [0, 0.1) is 0 Å². The van der Waals surface area contributed by atoms with Gasteiger partial charge in [0.25, 0.3) is 5.56 Å². The van der Waals surface area contributed by atoms with E-state index in [2.05, 4.69) is 15.3 Å². The predicted molar refractivity (Wildman–Crippen MR) is 110 cm³/mol. The number of para-hydroxylation sites is 2. The third-order valence-electron chi connectivity index (χ3n) is 4.99. The van der Waals surface area contributed by atoms with Crippen LogP contribution in [0.1, 0.15) is 23.7 Å². The maximum atomic E-state index is 12.6. The Morgan fingerprint density at radius 3 is 2.32 bits per heavy atom. The Kier molecular flexibility index (Phi) is 4.61. The topological polar surface area (TPSA) is 98.0 Å². The number of rotatable bonds is 5. The molecule has 0 aliphatic carbocycles. The van der Waals surface area contributed by atoms with Crippen molar-refractivity contribution in [3.8, 4) is 5.75 Å². The molecule has 0 fully saturated rings. The molecule has 4 aromatic rings. The van der Waals surface area contributed by atoms with Gasteiger partial charge in [-0.15, -0.1) is 0 Å². The molecule has 0 radical (unpaired) electrons. The fourth-order valence-corrected chi connectivity index (χ4v) is 3.66. The quantitative estimate of drug-likeness (QED) is 0.432. The molecule has 0 saturated heterocycles. The number of aromatic nitrogens is 2. The van der Waals surface area contributed by atoms with Crippen molar-refractivity contribution in [2.24, 2.45) is 0 Å². The zero-order chi connectivity index (χ0) is 19.7. The van der Waals surface area contributed by atoms with Crippen molar-refractivity contribution >= 4 is 27.7 Å². The summed E-state index contributed by atoms with van der Waals surface area (Å²) in [6.07, 6.45) is 0.904. The summed E-state index contributed by atoms with van der Waals surface area (Å²) >= 11 is 0. The number of carbonyl (C=O) groups excluding carboxylic acids is 1. The molecule has 0 spiro atoms. The number of amides is 1. The van der Waals surface area contributed by atoms with E-state index in [-0.39, 0.29) is 23.6 Å². The van der Waals surface area contributed by atoms with Gasteiger partial charge in [0.1, 0.15) is 5.75 Å². The van der Waals surface area contributed by atoms with Crippen LogP contribution < -0.4 is 10.9 Å². The summed E-state index contributed by atoms with van der Waals surface area (Å²) in [5.74, 6) is -0.0733. The Balaban J connectivity index is 1.78. The van der Waals surface area contributed by atoms with Crippen molar-refractivity contribution in [2.75, 3.05) is 6.54 Å². The molecular weight excluding hydrogens is 354 g/mol. The van der Waals surface area contributed by atoms with Crippen LogP contribution in [-0.4, -0.2) is 27.5 Å². The molecule has 6 nitrogen and oxygen atoms in total. The molecule has 2 heterocycles. The highest BCUT2D eigenvalue weighted by Gasteiger charge is 2.17.